The van der Waals surface area contributed by atoms with E-state index in [1.54, 1.807) is 24.3 Å². The van der Waals surface area contributed by atoms with Crippen molar-refractivity contribution in [3.63, 3.8) is 0 Å². The number of rotatable bonds is 7. The average Bonchev–Trinajstić information content (AvgIpc) is 2.37. The zero-order chi connectivity index (χ0) is 14.3. The Bertz CT molecular complexity index is 477. The molecule has 1 aromatic carbocycles. The van der Waals surface area contributed by atoms with Crippen LogP contribution in [0.5, 0.6) is 0 Å². The van der Waals surface area contributed by atoms with Crippen LogP contribution in [0.1, 0.15) is 6.42 Å². The number of carbonyl (C=O) groups excluding carboxylic acids is 1. The Kier molecular flexibility index (Phi) is 6.24. The number of carboxylic acids is 1. The van der Waals surface area contributed by atoms with E-state index in [4.69, 9.17) is 5.11 Å². The van der Waals surface area contributed by atoms with Crippen molar-refractivity contribution in [1.82, 2.24) is 5.32 Å². The predicted octanol–water partition coefficient (Wildman–Crippen LogP) is 2.01. The van der Waals surface area contributed by atoms with Gasteiger partial charge in [-0.15, -0.1) is 6.58 Å². The highest BCUT2D eigenvalue weighted by Gasteiger charge is 2.20. The SMILES string of the molecule is C=CCNC(CC(=O)Nc1ccccc1Br)C(=O)O. The second kappa shape index (κ2) is 7.70. The van der Waals surface area contributed by atoms with Crippen molar-refractivity contribution >= 4 is 33.5 Å². The van der Waals surface area contributed by atoms with Gasteiger partial charge in [-0.3, -0.25) is 9.59 Å². The number of halogens is 1. The summed E-state index contributed by atoms with van der Waals surface area (Å²) in [5, 5.41) is 14.4. The number of hydrogen-bond donors (Lipinski definition) is 3. The molecule has 0 aliphatic carbocycles. The van der Waals surface area contributed by atoms with Crippen molar-refractivity contribution in [3.05, 3.63) is 41.4 Å². The van der Waals surface area contributed by atoms with E-state index in [0.29, 0.717) is 12.2 Å². The summed E-state index contributed by atoms with van der Waals surface area (Å²) in [4.78, 5) is 22.8. The van der Waals surface area contributed by atoms with Gasteiger partial charge in [0.05, 0.1) is 12.1 Å². The van der Waals surface area contributed by atoms with Crippen LogP contribution < -0.4 is 10.6 Å². The van der Waals surface area contributed by atoms with Gasteiger partial charge in [0.1, 0.15) is 6.04 Å². The average molecular weight is 327 g/mol. The number of carboxylic acid groups (broad SMARTS) is 1. The van der Waals surface area contributed by atoms with Crippen LogP contribution in [0.3, 0.4) is 0 Å². The van der Waals surface area contributed by atoms with Gasteiger partial charge in [-0.2, -0.15) is 0 Å². The molecule has 0 bridgehead atoms. The lowest BCUT2D eigenvalue weighted by Crippen LogP contribution is -2.39. The van der Waals surface area contributed by atoms with Gasteiger partial charge in [-0.05, 0) is 28.1 Å². The summed E-state index contributed by atoms with van der Waals surface area (Å²) in [5.41, 5.74) is 0.611. The maximum atomic E-state index is 11.8. The number of anilines is 1. The van der Waals surface area contributed by atoms with Crippen molar-refractivity contribution in [1.29, 1.82) is 0 Å². The first kappa shape index (κ1) is 15.4. The van der Waals surface area contributed by atoms with Crippen molar-refractivity contribution < 1.29 is 14.7 Å². The molecule has 0 fully saturated rings. The zero-order valence-electron chi connectivity index (χ0n) is 10.2. The molecule has 0 radical (unpaired) electrons. The maximum absolute atomic E-state index is 11.8. The fraction of sp³-hybridized carbons (Fsp3) is 0.231. The van der Waals surface area contributed by atoms with Gasteiger partial charge in [0, 0.05) is 11.0 Å². The fourth-order valence-electron chi connectivity index (χ4n) is 1.42. The minimum Gasteiger partial charge on any atom is -0.480 e. The number of nitrogens with one attached hydrogen (secondary N) is 2. The summed E-state index contributed by atoms with van der Waals surface area (Å²) in [7, 11) is 0. The van der Waals surface area contributed by atoms with Gasteiger partial charge in [-0.1, -0.05) is 18.2 Å². The first-order valence-corrected chi connectivity index (χ1v) is 6.45. The molecular formula is C13H15BrN2O3. The van der Waals surface area contributed by atoms with Crippen LogP contribution in [-0.4, -0.2) is 29.6 Å². The molecule has 0 saturated heterocycles. The molecule has 1 atom stereocenters. The molecule has 102 valence electrons. The number of benzene rings is 1. The minimum atomic E-state index is -1.07. The van der Waals surface area contributed by atoms with Crippen molar-refractivity contribution in [3.8, 4) is 0 Å². The molecule has 0 aliphatic rings. The topological polar surface area (TPSA) is 78.4 Å². The Labute approximate surface area is 119 Å². The van der Waals surface area contributed by atoms with Gasteiger partial charge >= 0.3 is 5.97 Å². The van der Waals surface area contributed by atoms with Crippen molar-refractivity contribution in [2.45, 2.75) is 12.5 Å². The first-order chi connectivity index (χ1) is 9.04. The highest BCUT2D eigenvalue weighted by molar-refractivity contribution is 9.10. The van der Waals surface area contributed by atoms with Gasteiger partial charge in [0.25, 0.3) is 0 Å². The summed E-state index contributed by atoms with van der Waals surface area (Å²) in [6.07, 6.45) is 1.39. The van der Waals surface area contributed by atoms with Crippen LogP contribution in [0, 0.1) is 0 Å². The quantitative estimate of drug-likeness (QED) is 0.670. The lowest BCUT2D eigenvalue weighted by atomic mass is 10.2. The molecule has 1 amide bonds. The smallest absolute Gasteiger partial charge is 0.321 e. The van der Waals surface area contributed by atoms with Gasteiger partial charge in [0.2, 0.25) is 5.91 Å². The molecule has 1 unspecified atom stereocenters. The first-order valence-electron chi connectivity index (χ1n) is 5.66. The zero-order valence-corrected chi connectivity index (χ0v) is 11.8. The molecule has 1 aromatic rings. The Hall–Kier alpha value is -1.66. The van der Waals surface area contributed by atoms with Crippen LogP contribution >= 0.6 is 15.9 Å². The molecule has 19 heavy (non-hydrogen) atoms. The van der Waals surface area contributed by atoms with Crippen LogP contribution in [0.25, 0.3) is 0 Å². The van der Waals surface area contributed by atoms with Crippen LogP contribution in [0.15, 0.2) is 41.4 Å². The molecule has 0 aromatic heterocycles. The van der Waals surface area contributed by atoms with Crippen LogP contribution in [0.4, 0.5) is 5.69 Å². The highest BCUT2D eigenvalue weighted by Crippen LogP contribution is 2.21. The van der Waals surface area contributed by atoms with E-state index in [9.17, 15) is 9.59 Å². The number of hydrogen-bond acceptors (Lipinski definition) is 3. The van der Waals surface area contributed by atoms with Crippen LogP contribution in [-0.2, 0) is 9.59 Å². The molecule has 0 heterocycles. The molecule has 5 nitrogen and oxygen atoms in total. The molecule has 0 spiro atoms. The van der Waals surface area contributed by atoms with Crippen LogP contribution in [0.2, 0.25) is 0 Å². The molecule has 6 heteroatoms. The number of carbonyl (C=O) groups is 2. The van der Waals surface area contributed by atoms with E-state index >= 15 is 0 Å². The number of amides is 1. The Morgan fingerprint density at radius 3 is 2.68 bits per heavy atom. The van der Waals surface area contributed by atoms with E-state index in [2.05, 4.69) is 33.1 Å². The Balaban J connectivity index is 2.60. The number of para-hydroxylation sites is 1. The summed E-state index contributed by atoms with van der Waals surface area (Å²) < 4.78 is 0.745. The Morgan fingerprint density at radius 1 is 1.42 bits per heavy atom. The second-order valence-electron chi connectivity index (χ2n) is 3.82. The normalized spacial score (nSPS) is 11.6. The molecule has 1 rings (SSSR count). The monoisotopic (exact) mass is 326 g/mol. The largest absolute Gasteiger partial charge is 0.480 e. The summed E-state index contributed by atoms with van der Waals surface area (Å²) in [6, 6.07) is 6.20. The third-order valence-electron chi connectivity index (χ3n) is 2.34. The lowest BCUT2D eigenvalue weighted by molar-refractivity contribution is -0.140. The van der Waals surface area contributed by atoms with Gasteiger partial charge in [-0.25, -0.2) is 0 Å². The summed E-state index contributed by atoms with van der Waals surface area (Å²) in [5.74, 6) is -1.43. The van der Waals surface area contributed by atoms with E-state index in [-0.39, 0.29) is 12.3 Å². The predicted molar refractivity (Wildman–Crippen MR) is 77.0 cm³/mol. The molecular weight excluding hydrogens is 312 g/mol. The van der Waals surface area contributed by atoms with E-state index < -0.39 is 12.0 Å². The standard InChI is InChI=1S/C13H15BrN2O3/c1-2-7-15-11(13(18)19)8-12(17)16-10-6-4-3-5-9(10)14/h2-6,11,15H,1,7-8H2,(H,16,17)(H,18,19). The molecule has 0 aliphatic heterocycles. The van der Waals surface area contributed by atoms with Gasteiger partial charge in [0.15, 0.2) is 0 Å². The summed E-state index contributed by atoms with van der Waals surface area (Å²) in [6.45, 7) is 3.82. The molecule has 0 saturated carbocycles. The van der Waals surface area contributed by atoms with Gasteiger partial charge < -0.3 is 15.7 Å². The van der Waals surface area contributed by atoms with Crippen molar-refractivity contribution in [2.24, 2.45) is 0 Å². The number of aliphatic carboxylic acids is 1. The summed E-state index contributed by atoms with van der Waals surface area (Å²) >= 11 is 3.30. The third-order valence-corrected chi connectivity index (χ3v) is 3.04. The lowest BCUT2D eigenvalue weighted by Gasteiger charge is -2.13. The molecule has 3 N–H and O–H groups in total. The second-order valence-corrected chi connectivity index (χ2v) is 4.67. The third kappa shape index (κ3) is 5.23. The highest BCUT2D eigenvalue weighted by atomic mass is 79.9. The van der Waals surface area contributed by atoms with E-state index in [0.717, 1.165) is 4.47 Å². The maximum Gasteiger partial charge on any atom is 0.321 e. The Morgan fingerprint density at radius 2 is 2.11 bits per heavy atom. The van der Waals surface area contributed by atoms with Crippen molar-refractivity contribution in [2.75, 3.05) is 11.9 Å². The minimum absolute atomic E-state index is 0.148. The van der Waals surface area contributed by atoms with E-state index in [1.165, 1.54) is 0 Å². The fourth-order valence-corrected chi connectivity index (χ4v) is 1.81. The van der Waals surface area contributed by atoms with E-state index in [1.807, 2.05) is 6.07 Å².